The van der Waals surface area contributed by atoms with Crippen LogP contribution in [0.4, 0.5) is 0 Å². The number of carboxylic acids is 3. The summed E-state index contributed by atoms with van der Waals surface area (Å²) in [5.41, 5.74) is -1.71. The summed E-state index contributed by atoms with van der Waals surface area (Å²) in [4.78, 5) is 32.2. The summed E-state index contributed by atoms with van der Waals surface area (Å²) in [7, 11) is 5.18. The number of nitrogens with zero attached hydrogens (tertiary/aromatic N) is 1. The molecule has 8 heteroatoms. The molecule has 0 saturated heterocycles. The maximum Gasteiger partial charge on any atom is 0.317 e. The van der Waals surface area contributed by atoms with Gasteiger partial charge in [-0.25, -0.2) is 0 Å². The average Bonchev–Trinajstić information content (AvgIpc) is 2.10. The van der Waals surface area contributed by atoms with E-state index < -0.39 is 35.8 Å². The Morgan fingerprint density at radius 1 is 1.15 bits per heavy atom. The summed E-state index contributed by atoms with van der Waals surface area (Å²) >= 11 is 0. The van der Waals surface area contributed by atoms with Crippen molar-refractivity contribution in [3.63, 3.8) is 0 Å². The van der Waals surface area contributed by atoms with Gasteiger partial charge in [0.25, 0.3) is 0 Å². The number of rotatable bonds is 9. The zero-order valence-electron chi connectivity index (χ0n) is 11.8. The Labute approximate surface area is 116 Å². The Bertz CT molecular complexity index is 374. The summed E-state index contributed by atoms with van der Waals surface area (Å²) in [6.45, 7) is 0.0347. The third kappa shape index (κ3) is 7.05. The molecular weight excluding hydrogens is 270 g/mol. The van der Waals surface area contributed by atoms with Crippen molar-refractivity contribution in [2.24, 2.45) is 5.92 Å². The summed E-state index contributed by atoms with van der Waals surface area (Å²) in [6, 6.07) is 0. The number of carbonyl (C=O) groups excluding carboxylic acids is 1. The number of hydrogen-bond donors (Lipinski definition) is 3. The highest BCUT2D eigenvalue weighted by Gasteiger charge is 2.36. The summed E-state index contributed by atoms with van der Waals surface area (Å²) in [6.07, 6.45) is -1.28. The first-order valence-corrected chi connectivity index (χ1v) is 6.04. The number of quaternary nitrogens is 1. The van der Waals surface area contributed by atoms with E-state index in [1.165, 1.54) is 0 Å². The van der Waals surface area contributed by atoms with Crippen LogP contribution in [0.2, 0.25) is 0 Å². The zero-order valence-corrected chi connectivity index (χ0v) is 11.8. The first-order chi connectivity index (χ1) is 8.86. The topological polar surface area (TPSA) is 135 Å². The number of aliphatic carboxylic acids is 3. The standard InChI is InChI=1S/C12H21NO7/c1-13(2,3)7-12(20,6-9(14)15)5-4-8(10(16)17)11(18)19/h8,20H,4-7H2,1-3H3,(H2-,14,15,16,17,18,19). The molecule has 0 amide bonds. The van der Waals surface area contributed by atoms with Crippen LogP contribution in [0.15, 0.2) is 0 Å². The molecule has 1 atom stereocenters. The van der Waals surface area contributed by atoms with Gasteiger partial charge in [-0.1, -0.05) is 0 Å². The fourth-order valence-electron chi connectivity index (χ4n) is 2.14. The first-order valence-electron chi connectivity index (χ1n) is 6.04. The fraction of sp³-hybridized carbons (Fsp3) is 0.750. The molecule has 8 nitrogen and oxygen atoms in total. The van der Waals surface area contributed by atoms with Gasteiger partial charge in [-0.05, 0) is 12.8 Å². The molecule has 0 aliphatic carbocycles. The Morgan fingerprint density at radius 2 is 1.60 bits per heavy atom. The van der Waals surface area contributed by atoms with Gasteiger partial charge in [0.1, 0.15) is 12.1 Å². The third-order valence-corrected chi connectivity index (χ3v) is 2.74. The lowest BCUT2D eigenvalue weighted by Crippen LogP contribution is -2.52. The number of aliphatic hydroxyl groups is 1. The van der Waals surface area contributed by atoms with E-state index in [1.54, 1.807) is 21.1 Å². The Kier molecular flexibility index (Phi) is 6.11. The van der Waals surface area contributed by atoms with Crippen molar-refractivity contribution in [3.8, 4) is 0 Å². The Balaban J connectivity index is 4.94. The van der Waals surface area contributed by atoms with E-state index in [4.69, 9.17) is 10.2 Å². The van der Waals surface area contributed by atoms with Gasteiger partial charge in [-0.2, -0.15) is 0 Å². The third-order valence-electron chi connectivity index (χ3n) is 2.74. The molecule has 0 aromatic heterocycles. The average molecular weight is 291 g/mol. The van der Waals surface area contributed by atoms with Crippen LogP contribution in [0.25, 0.3) is 0 Å². The first kappa shape index (κ1) is 18.3. The quantitative estimate of drug-likeness (QED) is 0.334. The molecule has 0 aliphatic heterocycles. The predicted molar refractivity (Wildman–Crippen MR) is 65.5 cm³/mol. The van der Waals surface area contributed by atoms with Gasteiger partial charge in [0.15, 0.2) is 5.92 Å². The molecule has 0 saturated carbocycles. The number of likely N-dealkylation sites (N-methyl/N-ethyl adjacent to an activating group) is 1. The van der Waals surface area contributed by atoms with Crippen molar-refractivity contribution in [1.82, 2.24) is 0 Å². The highest BCUT2D eigenvalue weighted by atomic mass is 16.4. The maximum atomic E-state index is 10.8. The van der Waals surface area contributed by atoms with Gasteiger partial charge >= 0.3 is 11.9 Å². The second kappa shape index (κ2) is 6.67. The van der Waals surface area contributed by atoms with Crippen LogP contribution < -0.4 is 5.11 Å². The van der Waals surface area contributed by atoms with Crippen LogP contribution in [0, 0.1) is 5.92 Å². The van der Waals surface area contributed by atoms with Gasteiger partial charge < -0.3 is 29.7 Å². The fourth-order valence-corrected chi connectivity index (χ4v) is 2.14. The summed E-state index contributed by atoms with van der Waals surface area (Å²) < 4.78 is 0.245. The van der Waals surface area contributed by atoms with Crippen LogP contribution in [0.5, 0.6) is 0 Å². The number of hydrogen-bond acceptors (Lipinski definition) is 5. The van der Waals surface area contributed by atoms with Crippen molar-refractivity contribution in [1.29, 1.82) is 0 Å². The Hall–Kier alpha value is -1.67. The van der Waals surface area contributed by atoms with Crippen LogP contribution >= 0.6 is 0 Å². The van der Waals surface area contributed by atoms with E-state index >= 15 is 0 Å². The van der Waals surface area contributed by atoms with Crippen molar-refractivity contribution >= 4 is 17.9 Å². The van der Waals surface area contributed by atoms with Gasteiger partial charge in [0.05, 0.1) is 21.1 Å². The normalized spacial score (nSPS) is 14.8. The van der Waals surface area contributed by atoms with Crippen molar-refractivity contribution in [3.05, 3.63) is 0 Å². The molecule has 0 aromatic carbocycles. The molecule has 0 radical (unpaired) electrons. The minimum absolute atomic E-state index is 0.0347. The molecule has 116 valence electrons. The predicted octanol–water partition coefficient (Wildman–Crippen LogP) is -1.87. The molecule has 0 heterocycles. The van der Waals surface area contributed by atoms with Crippen LogP contribution in [0.3, 0.4) is 0 Å². The molecule has 0 spiro atoms. The van der Waals surface area contributed by atoms with Crippen LogP contribution in [0.1, 0.15) is 19.3 Å². The second-order valence-corrected chi connectivity index (χ2v) is 5.99. The minimum Gasteiger partial charge on any atom is -0.550 e. The molecular formula is C12H21NO7. The largest absolute Gasteiger partial charge is 0.550 e. The molecule has 0 bridgehead atoms. The molecule has 0 aliphatic rings. The van der Waals surface area contributed by atoms with E-state index in [0.29, 0.717) is 0 Å². The van der Waals surface area contributed by atoms with Gasteiger partial charge in [-0.3, -0.25) is 9.59 Å². The number of carboxylic acid groups (broad SMARTS) is 3. The molecule has 3 N–H and O–H groups in total. The van der Waals surface area contributed by atoms with Crippen molar-refractivity contribution in [2.75, 3.05) is 27.7 Å². The lowest BCUT2D eigenvalue weighted by molar-refractivity contribution is -0.877. The lowest BCUT2D eigenvalue weighted by Gasteiger charge is -2.36. The van der Waals surface area contributed by atoms with Gasteiger partial charge in [-0.15, -0.1) is 0 Å². The molecule has 1 unspecified atom stereocenters. The van der Waals surface area contributed by atoms with Crippen molar-refractivity contribution in [2.45, 2.75) is 24.9 Å². The molecule has 0 rings (SSSR count). The zero-order chi connectivity index (χ0) is 16.1. The van der Waals surface area contributed by atoms with E-state index in [-0.39, 0.29) is 23.9 Å². The van der Waals surface area contributed by atoms with Gasteiger partial charge in [0.2, 0.25) is 0 Å². The lowest BCUT2D eigenvalue weighted by atomic mass is 9.88. The highest BCUT2D eigenvalue weighted by molar-refractivity contribution is 5.92. The molecule has 0 fully saturated rings. The van der Waals surface area contributed by atoms with Gasteiger partial charge in [0, 0.05) is 12.4 Å². The smallest absolute Gasteiger partial charge is 0.317 e. The molecule has 20 heavy (non-hydrogen) atoms. The monoisotopic (exact) mass is 291 g/mol. The van der Waals surface area contributed by atoms with Crippen LogP contribution in [-0.4, -0.2) is 71.0 Å². The Morgan fingerprint density at radius 3 is 1.90 bits per heavy atom. The van der Waals surface area contributed by atoms with Crippen molar-refractivity contribution < 1.29 is 39.3 Å². The highest BCUT2D eigenvalue weighted by Crippen LogP contribution is 2.23. The van der Waals surface area contributed by atoms with E-state index in [0.717, 1.165) is 0 Å². The van der Waals surface area contributed by atoms with E-state index in [1.807, 2.05) is 0 Å². The second-order valence-electron chi connectivity index (χ2n) is 5.99. The van der Waals surface area contributed by atoms with E-state index in [9.17, 15) is 24.6 Å². The minimum atomic E-state index is -1.71. The summed E-state index contributed by atoms with van der Waals surface area (Å²) in [5, 5.41) is 38.5. The van der Waals surface area contributed by atoms with E-state index in [2.05, 4.69) is 0 Å². The molecule has 0 aromatic rings. The SMILES string of the molecule is C[N+](C)(C)CC(O)(CCC(C(=O)O)C(=O)O)CC(=O)[O-]. The maximum absolute atomic E-state index is 10.8. The number of carbonyl (C=O) groups is 3. The summed E-state index contributed by atoms with van der Waals surface area (Å²) in [5.74, 6) is -6.17. The van der Waals surface area contributed by atoms with Crippen LogP contribution in [-0.2, 0) is 14.4 Å².